The highest BCUT2D eigenvalue weighted by Gasteiger charge is 2.42. The van der Waals surface area contributed by atoms with E-state index in [0.29, 0.717) is 0 Å². The van der Waals surface area contributed by atoms with Gasteiger partial charge in [-0.2, -0.15) is 0 Å². The van der Waals surface area contributed by atoms with E-state index in [4.69, 9.17) is 5.73 Å². The maximum absolute atomic E-state index is 5.82. The molecule has 2 rings (SSSR count). The molecule has 9 heavy (non-hydrogen) atoms. The lowest BCUT2D eigenvalue weighted by Gasteiger charge is -1.98. The van der Waals surface area contributed by atoms with E-state index in [-0.39, 0.29) is 5.54 Å². The smallest absolute Gasteiger partial charge is 0.137 e. The SMILES string of the molecule is NC1(c2nncs2)CC1. The predicted octanol–water partition coefficient (Wildman–Crippen LogP) is 0.486. The van der Waals surface area contributed by atoms with Crippen LogP contribution in [0.5, 0.6) is 0 Å². The van der Waals surface area contributed by atoms with Gasteiger partial charge in [0.25, 0.3) is 0 Å². The third-order valence-electron chi connectivity index (χ3n) is 1.57. The van der Waals surface area contributed by atoms with E-state index >= 15 is 0 Å². The molecule has 0 unspecified atom stereocenters. The average molecular weight is 141 g/mol. The average Bonchev–Trinajstić information content (AvgIpc) is 2.46. The van der Waals surface area contributed by atoms with Gasteiger partial charge in [0.15, 0.2) is 0 Å². The molecule has 0 radical (unpaired) electrons. The normalized spacial score (nSPS) is 21.9. The van der Waals surface area contributed by atoms with Crippen molar-refractivity contribution in [1.82, 2.24) is 10.2 Å². The van der Waals surface area contributed by atoms with Crippen molar-refractivity contribution in [3.8, 4) is 0 Å². The summed E-state index contributed by atoms with van der Waals surface area (Å²) in [5, 5.41) is 8.60. The van der Waals surface area contributed by atoms with Crippen LogP contribution < -0.4 is 5.73 Å². The van der Waals surface area contributed by atoms with Gasteiger partial charge in [-0.05, 0) is 12.8 Å². The molecule has 0 spiro atoms. The number of hydrogen-bond donors (Lipinski definition) is 1. The largest absolute Gasteiger partial charge is 0.319 e. The second-order valence-corrected chi connectivity index (χ2v) is 3.23. The Morgan fingerprint density at radius 2 is 2.44 bits per heavy atom. The summed E-state index contributed by atoms with van der Waals surface area (Å²) in [6.45, 7) is 0. The molecule has 4 heteroatoms. The van der Waals surface area contributed by atoms with Gasteiger partial charge in [0, 0.05) is 0 Å². The van der Waals surface area contributed by atoms with E-state index in [1.165, 1.54) is 0 Å². The van der Waals surface area contributed by atoms with Crippen LogP contribution in [0.25, 0.3) is 0 Å². The molecule has 2 N–H and O–H groups in total. The molecule has 0 saturated heterocycles. The van der Waals surface area contributed by atoms with Crippen molar-refractivity contribution in [2.75, 3.05) is 0 Å². The fourth-order valence-electron chi connectivity index (χ4n) is 0.739. The minimum absolute atomic E-state index is 0.0822. The van der Waals surface area contributed by atoms with Crippen LogP contribution in [0.3, 0.4) is 0 Å². The summed E-state index contributed by atoms with van der Waals surface area (Å²) in [4.78, 5) is 0. The third kappa shape index (κ3) is 0.746. The van der Waals surface area contributed by atoms with Gasteiger partial charge in [-0.15, -0.1) is 21.5 Å². The highest BCUT2D eigenvalue weighted by Crippen LogP contribution is 2.42. The quantitative estimate of drug-likeness (QED) is 0.619. The third-order valence-corrected chi connectivity index (χ3v) is 2.49. The van der Waals surface area contributed by atoms with E-state index in [1.54, 1.807) is 16.8 Å². The fraction of sp³-hybridized carbons (Fsp3) is 0.600. The van der Waals surface area contributed by atoms with Gasteiger partial charge >= 0.3 is 0 Å². The zero-order valence-electron chi connectivity index (χ0n) is 4.87. The van der Waals surface area contributed by atoms with E-state index in [2.05, 4.69) is 10.2 Å². The molecule has 1 fully saturated rings. The molecular weight excluding hydrogens is 134 g/mol. The van der Waals surface area contributed by atoms with Crippen molar-refractivity contribution in [3.63, 3.8) is 0 Å². The van der Waals surface area contributed by atoms with E-state index < -0.39 is 0 Å². The summed E-state index contributed by atoms with van der Waals surface area (Å²) < 4.78 is 0. The fourth-order valence-corrected chi connectivity index (χ4v) is 1.47. The predicted molar refractivity (Wildman–Crippen MR) is 35.0 cm³/mol. The monoisotopic (exact) mass is 141 g/mol. The van der Waals surface area contributed by atoms with Crippen LogP contribution in [0.4, 0.5) is 0 Å². The summed E-state index contributed by atoms with van der Waals surface area (Å²) in [5.74, 6) is 0. The molecule has 0 bridgehead atoms. The van der Waals surface area contributed by atoms with Crippen LogP contribution in [0.1, 0.15) is 17.8 Å². The summed E-state index contributed by atoms with van der Waals surface area (Å²) in [6, 6.07) is 0. The van der Waals surface area contributed by atoms with Crippen LogP contribution in [-0.2, 0) is 5.54 Å². The molecule has 0 amide bonds. The number of hydrogen-bond acceptors (Lipinski definition) is 4. The van der Waals surface area contributed by atoms with Crippen molar-refractivity contribution in [2.45, 2.75) is 18.4 Å². The molecule has 48 valence electrons. The van der Waals surface area contributed by atoms with Gasteiger partial charge < -0.3 is 5.73 Å². The molecule has 1 saturated carbocycles. The zero-order valence-corrected chi connectivity index (χ0v) is 5.69. The summed E-state index contributed by atoms with van der Waals surface area (Å²) in [6.07, 6.45) is 2.14. The molecule has 1 aliphatic carbocycles. The molecule has 0 aromatic carbocycles. The van der Waals surface area contributed by atoms with Crippen LogP contribution >= 0.6 is 11.3 Å². The molecule has 3 nitrogen and oxygen atoms in total. The molecule has 1 aromatic rings. The van der Waals surface area contributed by atoms with Gasteiger partial charge in [0.05, 0.1) is 5.54 Å². The first kappa shape index (κ1) is 5.32. The zero-order chi connectivity index (χ0) is 6.32. The van der Waals surface area contributed by atoms with Crippen LogP contribution in [0, 0.1) is 0 Å². The summed E-state index contributed by atoms with van der Waals surface area (Å²) in [7, 11) is 0. The van der Waals surface area contributed by atoms with E-state index in [1.807, 2.05) is 0 Å². The Morgan fingerprint density at radius 1 is 1.67 bits per heavy atom. The Balaban J connectivity index is 2.34. The Hall–Kier alpha value is -0.480. The highest BCUT2D eigenvalue weighted by atomic mass is 32.1. The first-order chi connectivity index (χ1) is 4.31. The van der Waals surface area contributed by atoms with E-state index in [9.17, 15) is 0 Å². The van der Waals surface area contributed by atoms with Crippen molar-refractivity contribution in [2.24, 2.45) is 5.73 Å². The molecule has 1 aromatic heterocycles. The second-order valence-electron chi connectivity index (χ2n) is 2.40. The minimum atomic E-state index is -0.0822. The number of aromatic nitrogens is 2. The molecule has 0 aliphatic heterocycles. The Labute approximate surface area is 56.9 Å². The first-order valence-electron chi connectivity index (χ1n) is 2.87. The second kappa shape index (κ2) is 1.52. The van der Waals surface area contributed by atoms with Crippen LogP contribution in [0.2, 0.25) is 0 Å². The molecule has 0 atom stereocenters. The lowest BCUT2D eigenvalue weighted by atomic mass is 10.3. The van der Waals surface area contributed by atoms with Crippen molar-refractivity contribution in [3.05, 3.63) is 10.5 Å². The molecular formula is C5H7N3S. The van der Waals surface area contributed by atoms with Gasteiger partial charge in [-0.3, -0.25) is 0 Å². The van der Waals surface area contributed by atoms with Crippen LogP contribution in [-0.4, -0.2) is 10.2 Å². The number of rotatable bonds is 1. The molecule has 1 aliphatic rings. The standard InChI is InChI=1S/C5H7N3S/c6-5(1-2-5)4-8-7-3-9-4/h3H,1-2,6H2. The van der Waals surface area contributed by atoms with Crippen LogP contribution in [0.15, 0.2) is 5.51 Å². The van der Waals surface area contributed by atoms with Crippen molar-refractivity contribution < 1.29 is 0 Å². The maximum atomic E-state index is 5.82. The Bertz CT molecular complexity index is 202. The maximum Gasteiger partial charge on any atom is 0.137 e. The van der Waals surface area contributed by atoms with Gasteiger partial charge in [0.2, 0.25) is 0 Å². The highest BCUT2D eigenvalue weighted by molar-refractivity contribution is 7.09. The summed E-state index contributed by atoms with van der Waals surface area (Å²) in [5.41, 5.74) is 7.46. The molecule has 1 heterocycles. The van der Waals surface area contributed by atoms with Crippen molar-refractivity contribution >= 4 is 11.3 Å². The summed E-state index contributed by atoms with van der Waals surface area (Å²) >= 11 is 1.55. The lowest BCUT2D eigenvalue weighted by Crippen LogP contribution is -2.18. The topological polar surface area (TPSA) is 51.8 Å². The lowest BCUT2D eigenvalue weighted by molar-refractivity contribution is 0.716. The van der Waals surface area contributed by atoms with Crippen molar-refractivity contribution in [1.29, 1.82) is 0 Å². The van der Waals surface area contributed by atoms with Gasteiger partial charge in [0.1, 0.15) is 10.5 Å². The van der Waals surface area contributed by atoms with Gasteiger partial charge in [-0.1, -0.05) is 0 Å². The van der Waals surface area contributed by atoms with E-state index in [0.717, 1.165) is 17.8 Å². The number of nitrogens with two attached hydrogens (primary N) is 1. The minimum Gasteiger partial charge on any atom is -0.319 e. The Kier molecular flexibility index (Phi) is 0.896. The first-order valence-corrected chi connectivity index (χ1v) is 3.75. The Morgan fingerprint density at radius 3 is 2.89 bits per heavy atom. The van der Waals surface area contributed by atoms with Gasteiger partial charge in [-0.25, -0.2) is 0 Å². The number of nitrogens with zero attached hydrogens (tertiary/aromatic N) is 2.